The Balaban J connectivity index is 2.04. The van der Waals surface area contributed by atoms with Gasteiger partial charge < -0.3 is 10.6 Å². The van der Waals surface area contributed by atoms with Gasteiger partial charge in [-0.1, -0.05) is 29.8 Å². The number of anilines is 1. The lowest BCUT2D eigenvalue weighted by molar-refractivity contribution is -0.117. The molecule has 2 rings (SSSR count). The summed E-state index contributed by atoms with van der Waals surface area (Å²) in [5, 5.41) is 14.9. The molecule has 2 aromatic rings. The van der Waals surface area contributed by atoms with E-state index in [-0.39, 0.29) is 17.0 Å². The molecule has 26 heavy (non-hydrogen) atoms. The highest BCUT2D eigenvalue weighted by Crippen LogP contribution is 2.15. The highest BCUT2D eigenvalue weighted by atomic mass is 35.5. The van der Waals surface area contributed by atoms with Gasteiger partial charge in [0.2, 0.25) is 0 Å². The summed E-state index contributed by atoms with van der Waals surface area (Å²) in [4.78, 5) is 11.8. The van der Waals surface area contributed by atoms with Gasteiger partial charge in [-0.15, -0.1) is 0 Å². The van der Waals surface area contributed by atoms with Crippen LogP contribution in [-0.4, -0.2) is 18.9 Å². The molecule has 0 atom stereocenters. The summed E-state index contributed by atoms with van der Waals surface area (Å²) < 4.78 is 31.3. The van der Waals surface area contributed by atoms with Gasteiger partial charge in [-0.3, -0.25) is 9.35 Å². The quantitative estimate of drug-likeness (QED) is 0.395. The number of hydrogen-bond acceptors (Lipinski definition) is 5. The molecular weight excluding hydrogens is 378 g/mol. The van der Waals surface area contributed by atoms with Crippen molar-refractivity contribution in [2.24, 2.45) is 0 Å². The van der Waals surface area contributed by atoms with Gasteiger partial charge in [-0.05, 0) is 35.9 Å². The molecule has 0 saturated carbocycles. The summed E-state index contributed by atoms with van der Waals surface area (Å²) in [6.45, 7) is 0.216. The molecule has 7 nitrogen and oxygen atoms in total. The van der Waals surface area contributed by atoms with Gasteiger partial charge in [0.1, 0.15) is 11.6 Å². The molecule has 0 radical (unpaired) electrons. The lowest BCUT2D eigenvalue weighted by Crippen LogP contribution is -2.24. The first-order chi connectivity index (χ1) is 12.3. The first-order valence-corrected chi connectivity index (χ1v) is 9.08. The van der Waals surface area contributed by atoms with E-state index in [9.17, 15) is 13.2 Å². The Morgan fingerprint density at radius 2 is 1.92 bits per heavy atom. The average Bonchev–Trinajstić information content (AvgIpc) is 2.61. The van der Waals surface area contributed by atoms with Crippen LogP contribution in [0.1, 0.15) is 5.56 Å². The molecule has 134 valence electrons. The van der Waals surface area contributed by atoms with Crippen LogP contribution in [0.15, 0.2) is 65.2 Å². The normalized spacial score (nSPS) is 11.5. The first-order valence-electron chi connectivity index (χ1n) is 7.26. The highest BCUT2D eigenvalue weighted by molar-refractivity contribution is 7.85. The molecule has 0 unspecified atom stereocenters. The van der Waals surface area contributed by atoms with Crippen LogP contribution in [0, 0.1) is 11.3 Å². The minimum Gasteiger partial charge on any atom is -0.360 e. The summed E-state index contributed by atoms with van der Waals surface area (Å²) in [6, 6.07) is 13.9. The number of halogens is 1. The fourth-order valence-electron chi connectivity index (χ4n) is 1.93. The summed E-state index contributed by atoms with van der Waals surface area (Å²) in [5.74, 6) is -0.596. The smallest absolute Gasteiger partial charge is 0.294 e. The molecule has 0 spiro atoms. The second-order valence-corrected chi connectivity index (χ2v) is 6.98. The van der Waals surface area contributed by atoms with Gasteiger partial charge in [-0.25, -0.2) is 0 Å². The third kappa shape index (κ3) is 5.60. The molecule has 0 fully saturated rings. The topological polar surface area (TPSA) is 119 Å². The second kappa shape index (κ2) is 8.49. The molecule has 0 aliphatic heterocycles. The SMILES string of the molecule is N#C/C(=C/Nc1cccc(S(=O)(=O)O)c1)C(=O)NCc1ccc(Cl)cc1. The Labute approximate surface area is 155 Å². The Hall–Kier alpha value is -2.86. The van der Waals surface area contributed by atoms with Crippen LogP contribution in [0.25, 0.3) is 0 Å². The predicted molar refractivity (Wildman–Crippen MR) is 96.9 cm³/mol. The number of carbonyl (C=O) groups is 1. The van der Waals surface area contributed by atoms with Gasteiger partial charge in [0, 0.05) is 23.5 Å². The van der Waals surface area contributed by atoms with Crippen LogP contribution in [0.4, 0.5) is 5.69 Å². The van der Waals surface area contributed by atoms with Gasteiger partial charge in [0.05, 0.1) is 4.90 Å². The molecule has 0 aliphatic rings. The summed E-state index contributed by atoms with van der Waals surface area (Å²) in [6.07, 6.45) is 1.15. The monoisotopic (exact) mass is 391 g/mol. The summed E-state index contributed by atoms with van der Waals surface area (Å²) in [7, 11) is -4.34. The Morgan fingerprint density at radius 1 is 1.23 bits per heavy atom. The van der Waals surface area contributed by atoms with Crippen molar-refractivity contribution in [3.8, 4) is 6.07 Å². The van der Waals surface area contributed by atoms with Crippen LogP contribution in [-0.2, 0) is 21.5 Å². The number of carbonyl (C=O) groups excluding carboxylic acids is 1. The van der Waals surface area contributed by atoms with E-state index in [0.29, 0.717) is 10.7 Å². The first kappa shape index (κ1) is 19.5. The van der Waals surface area contributed by atoms with E-state index in [1.54, 1.807) is 30.3 Å². The maximum Gasteiger partial charge on any atom is 0.294 e. The maximum absolute atomic E-state index is 12.1. The van der Waals surface area contributed by atoms with Gasteiger partial charge in [0.25, 0.3) is 16.0 Å². The van der Waals surface area contributed by atoms with Gasteiger partial charge in [0.15, 0.2) is 0 Å². The molecule has 0 aliphatic carbocycles. The minimum absolute atomic E-state index is 0.198. The van der Waals surface area contributed by atoms with E-state index in [2.05, 4.69) is 10.6 Å². The zero-order valence-corrected chi connectivity index (χ0v) is 14.9. The fourth-order valence-corrected chi connectivity index (χ4v) is 2.58. The number of rotatable bonds is 6. The van der Waals surface area contributed by atoms with Crippen LogP contribution < -0.4 is 10.6 Å². The summed E-state index contributed by atoms with van der Waals surface area (Å²) in [5.41, 5.74) is 0.906. The number of nitrogens with zero attached hydrogens (tertiary/aromatic N) is 1. The zero-order valence-electron chi connectivity index (χ0n) is 13.3. The van der Waals surface area contributed by atoms with E-state index >= 15 is 0 Å². The van der Waals surface area contributed by atoms with Gasteiger partial charge in [-0.2, -0.15) is 13.7 Å². The average molecular weight is 392 g/mol. The van der Waals surface area contributed by atoms with Crippen molar-refractivity contribution < 1.29 is 17.8 Å². The molecule has 0 aromatic heterocycles. The van der Waals surface area contributed by atoms with Crippen molar-refractivity contribution >= 4 is 33.3 Å². The van der Waals surface area contributed by atoms with Crippen molar-refractivity contribution in [3.63, 3.8) is 0 Å². The number of nitrogens with one attached hydrogen (secondary N) is 2. The van der Waals surface area contributed by atoms with Crippen molar-refractivity contribution in [2.45, 2.75) is 11.4 Å². The number of amides is 1. The van der Waals surface area contributed by atoms with E-state index in [1.165, 1.54) is 24.3 Å². The Bertz CT molecular complexity index is 980. The maximum atomic E-state index is 12.1. The van der Waals surface area contributed by atoms with Crippen LogP contribution in [0.3, 0.4) is 0 Å². The van der Waals surface area contributed by atoms with E-state index in [4.69, 9.17) is 21.4 Å². The summed E-state index contributed by atoms with van der Waals surface area (Å²) >= 11 is 5.78. The van der Waals surface area contributed by atoms with Crippen molar-refractivity contribution in [1.29, 1.82) is 5.26 Å². The Kier molecular flexibility index (Phi) is 6.36. The molecular formula is C17H14ClN3O4S. The molecule has 1 amide bonds. The predicted octanol–water partition coefficient (Wildman–Crippen LogP) is 2.72. The van der Waals surface area contributed by atoms with Crippen molar-refractivity contribution in [3.05, 3.63) is 70.9 Å². The third-order valence-electron chi connectivity index (χ3n) is 3.25. The van der Waals surface area contributed by atoms with Crippen LogP contribution in [0.5, 0.6) is 0 Å². The van der Waals surface area contributed by atoms with Gasteiger partial charge >= 0.3 is 0 Å². The van der Waals surface area contributed by atoms with E-state index < -0.39 is 16.0 Å². The van der Waals surface area contributed by atoms with Crippen LogP contribution >= 0.6 is 11.6 Å². The van der Waals surface area contributed by atoms with Crippen molar-refractivity contribution in [2.75, 3.05) is 5.32 Å². The minimum atomic E-state index is -4.34. The molecule has 9 heteroatoms. The zero-order chi connectivity index (χ0) is 19.2. The third-order valence-corrected chi connectivity index (χ3v) is 4.35. The number of hydrogen-bond donors (Lipinski definition) is 3. The van der Waals surface area contributed by atoms with Crippen molar-refractivity contribution in [1.82, 2.24) is 5.32 Å². The Morgan fingerprint density at radius 3 is 2.54 bits per heavy atom. The van der Waals surface area contributed by atoms with E-state index in [1.807, 2.05) is 0 Å². The second-order valence-electron chi connectivity index (χ2n) is 5.13. The molecule has 3 N–H and O–H groups in total. The largest absolute Gasteiger partial charge is 0.360 e. The lowest BCUT2D eigenvalue weighted by atomic mass is 10.2. The molecule has 2 aromatic carbocycles. The lowest BCUT2D eigenvalue weighted by Gasteiger charge is -2.06. The van der Waals surface area contributed by atoms with E-state index in [0.717, 1.165) is 11.8 Å². The number of nitriles is 1. The molecule has 0 saturated heterocycles. The molecule has 0 bridgehead atoms. The fraction of sp³-hybridized carbons (Fsp3) is 0.0588. The van der Waals surface area contributed by atoms with Crippen LogP contribution in [0.2, 0.25) is 5.02 Å². The number of benzene rings is 2. The standard InChI is InChI=1S/C17H14ClN3O4S/c18-14-6-4-12(5-7-14)10-21-17(22)13(9-19)11-20-15-2-1-3-16(8-15)26(23,24)25/h1-8,11,20H,10H2,(H,21,22)(H,23,24,25)/b13-11-. The molecule has 0 heterocycles. The highest BCUT2D eigenvalue weighted by Gasteiger charge is 2.11.